The Morgan fingerprint density at radius 3 is 2.38 bits per heavy atom. The second-order valence-electron chi connectivity index (χ2n) is 6.11. The Morgan fingerprint density at radius 2 is 1.62 bits per heavy atom. The number of aryl methyl sites for hydroxylation is 1. The quantitative estimate of drug-likeness (QED) is 0.443. The smallest absolute Gasteiger partial charge is 0.423 e. The highest BCUT2D eigenvalue weighted by Gasteiger charge is 2.19. The molecule has 0 saturated carbocycles. The van der Waals surface area contributed by atoms with Crippen molar-refractivity contribution in [3.8, 4) is 0 Å². The molecule has 1 heterocycles. The van der Waals surface area contributed by atoms with Gasteiger partial charge < -0.3 is 10.0 Å². The van der Waals surface area contributed by atoms with Crippen molar-refractivity contribution in [1.29, 1.82) is 0 Å². The van der Waals surface area contributed by atoms with Crippen LogP contribution in [0.2, 0.25) is 0 Å². The fourth-order valence-electron chi connectivity index (χ4n) is 3.30. The molecule has 0 aliphatic heterocycles. The van der Waals surface area contributed by atoms with E-state index in [9.17, 15) is 10.0 Å². The Hall–Kier alpha value is -2.63. The van der Waals surface area contributed by atoms with E-state index in [4.69, 9.17) is 0 Å². The molecule has 24 heavy (non-hydrogen) atoms. The zero-order valence-corrected chi connectivity index (χ0v) is 13.4. The number of benzene rings is 3. The molecule has 0 aliphatic rings. The van der Waals surface area contributed by atoms with Gasteiger partial charge in [0, 0.05) is 0 Å². The van der Waals surface area contributed by atoms with E-state index in [0.29, 0.717) is 12.0 Å². The van der Waals surface area contributed by atoms with E-state index in [2.05, 4.69) is 33.4 Å². The van der Waals surface area contributed by atoms with Gasteiger partial charge >= 0.3 is 7.12 Å². The van der Waals surface area contributed by atoms with Crippen molar-refractivity contribution in [2.45, 2.75) is 6.54 Å². The van der Waals surface area contributed by atoms with Crippen LogP contribution in [0.25, 0.3) is 21.8 Å². The van der Waals surface area contributed by atoms with Crippen LogP contribution in [0.5, 0.6) is 0 Å². The Morgan fingerprint density at radius 1 is 0.958 bits per heavy atom. The predicted molar refractivity (Wildman–Crippen MR) is 96.0 cm³/mol. The lowest BCUT2D eigenvalue weighted by Gasteiger charge is -2.07. The summed E-state index contributed by atoms with van der Waals surface area (Å²) in [5.41, 5.74) is 3.72. The molecule has 4 rings (SSSR count). The van der Waals surface area contributed by atoms with Gasteiger partial charge in [0.25, 0.3) is 0 Å². The molecule has 4 nitrogen and oxygen atoms in total. The van der Waals surface area contributed by atoms with Gasteiger partial charge in [0.1, 0.15) is 6.54 Å². The molecule has 0 atom stereocenters. The van der Waals surface area contributed by atoms with Gasteiger partial charge in [-0.25, -0.2) is 9.13 Å². The SMILES string of the molecule is C[n+]1cn(Cc2ccccc2B(O)O)c2cc3ccccc3cc21. The lowest BCUT2D eigenvalue weighted by molar-refractivity contribution is -0.645. The Kier molecular flexibility index (Phi) is 3.60. The number of hydrogen-bond donors (Lipinski definition) is 2. The third-order valence-corrected chi connectivity index (χ3v) is 4.52. The van der Waals surface area contributed by atoms with Gasteiger partial charge in [-0.2, -0.15) is 0 Å². The van der Waals surface area contributed by atoms with E-state index >= 15 is 0 Å². The van der Waals surface area contributed by atoms with E-state index in [-0.39, 0.29) is 0 Å². The maximum atomic E-state index is 9.58. The average molecular weight is 317 g/mol. The summed E-state index contributed by atoms with van der Waals surface area (Å²) in [5, 5.41) is 21.6. The molecular formula is C19H18BN2O2+. The van der Waals surface area contributed by atoms with Crippen molar-refractivity contribution < 1.29 is 14.6 Å². The van der Waals surface area contributed by atoms with Gasteiger partial charge in [0.05, 0.1) is 7.05 Å². The molecule has 1 aromatic heterocycles. The van der Waals surface area contributed by atoms with Crippen LogP contribution in [0, 0.1) is 0 Å². The first-order valence-corrected chi connectivity index (χ1v) is 7.95. The van der Waals surface area contributed by atoms with Gasteiger partial charge in [-0.05, 0) is 33.9 Å². The third-order valence-electron chi connectivity index (χ3n) is 4.52. The molecule has 0 aliphatic carbocycles. The number of aromatic nitrogens is 2. The van der Waals surface area contributed by atoms with Gasteiger partial charge in [-0.1, -0.05) is 48.5 Å². The van der Waals surface area contributed by atoms with Crippen molar-refractivity contribution in [2.24, 2.45) is 7.05 Å². The maximum Gasteiger partial charge on any atom is 0.488 e. The van der Waals surface area contributed by atoms with Crippen LogP contribution in [0.4, 0.5) is 0 Å². The summed E-state index contributed by atoms with van der Waals surface area (Å²) in [5.74, 6) is 0. The van der Waals surface area contributed by atoms with Crippen LogP contribution >= 0.6 is 0 Å². The molecule has 4 aromatic rings. The summed E-state index contributed by atoms with van der Waals surface area (Å²) in [6.45, 7) is 0.587. The monoisotopic (exact) mass is 317 g/mol. The van der Waals surface area contributed by atoms with E-state index in [0.717, 1.165) is 16.6 Å². The molecule has 0 radical (unpaired) electrons. The van der Waals surface area contributed by atoms with E-state index in [1.165, 1.54) is 10.8 Å². The van der Waals surface area contributed by atoms with Crippen molar-refractivity contribution in [3.63, 3.8) is 0 Å². The lowest BCUT2D eigenvalue weighted by atomic mass is 9.77. The molecule has 0 saturated heterocycles. The van der Waals surface area contributed by atoms with Crippen LogP contribution in [-0.2, 0) is 13.6 Å². The van der Waals surface area contributed by atoms with E-state index in [1.54, 1.807) is 6.07 Å². The first-order valence-electron chi connectivity index (χ1n) is 7.95. The highest BCUT2D eigenvalue weighted by Crippen LogP contribution is 2.21. The second kappa shape index (κ2) is 5.78. The first-order chi connectivity index (χ1) is 11.6. The number of fused-ring (bicyclic) bond motifs is 2. The zero-order chi connectivity index (χ0) is 16.7. The van der Waals surface area contributed by atoms with Crippen LogP contribution in [0.1, 0.15) is 5.56 Å². The summed E-state index contributed by atoms with van der Waals surface area (Å²) in [6, 6.07) is 20.1. The van der Waals surface area contributed by atoms with Crippen molar-refractivity contribution in [2.75, 3.05) is 0 Å². The fraction of sp³-hybridized carbons (Fsp3) is 0.105. The van der Waals surface area contributed by atoms with Crippen molar-refractivity contribution in [1.82, 2.24) is 4.57 Å². The van der Waals surface area contributed by atoms with Crippen molar-refractivity contribution >= 4 is 34.4 Å². The van der Waals surface area contributed by atoms with Crippen LogP contribution in [-0.4, -0.2) is 21.7 Å². The maximum absolute atomic E-state index is 9.58. The van der Waals surface area contributed by atoms with Crippen molar-refractivity contribution in [3.05, 3.63) is 72.6 Å². The largest absolute Gasteiger partial charge is 0.488 e. The van der Waals surface area contributed by atoms with Crippen LogP contribution < -0.4 is 10.0 Å². The molecular weight excluding hydrogens is 299 g/mol. The van der Waals surface area contributed by atoms with E-state index in [1.807, 2.05) is 43.7 Å². The molecule has 0 bridgehead atoms. The second-order valence-corrected chi connectivity index (χ2v) is 6.11. The summed E-state index contributed by atoms with van der Waals surface area (Å²) in [6.07, 6.45) is 2.05. The average Bonchev–Trinajstić information content (AvgIpc) is 2.88. The lowest BCUT2D eigenvalue weighted by Crippen LogP contribution is -2.33. The Labute approximate surface area is 140 Å². The molecule has 0 fully saturated rings. The molecule has 3 aromatic carbocycles. The number of nitrogens with zero attached hydrogens (tertiary/aromatic N) is 2. The normalized spacial score (nSPS) is 11.3. The summed E-state index contributed by atoms with van der Waals surface area (Å²) >= 11 is 0. The number of hydrogen-bond acceptors (Lipinski definition) is 2. The van der Waals surface area contributed by atoms with Crippen LogP contribution in [0.15, 0.2) is 67.0 Å². The molecule has 0 unspecified atom stereocenters. The summed E-state index contributed by atoms with van der Waals surface area (Å²) < 4.78 is 4.24. The number of rotatable bonds is 3. The molecule has 118 valence electrons. The van der Waals surface area contributed by atoms with Gasteiger partial charge in [-0.3, -0.25) is 0 Å². The van der Waals surface area contributed by atoms with Gasteiger partial charge in [-0.15, -0.1) is 0 Å². The topological polar surface area (TPSA) is 49.3 Å². The zero-order valence-electron chi connectivity index (χ0n) is 13.4. The Balaban J connectivity index is 1.87. The molecule has 0 amide bonds. The minimum Gasteiger partial charge on any atom is -0.423 e. The summed E-state index contributed by atoms with van der Waals surface area (Å²) in [7, 11) is 0.568. The highest BCUT2D eigenvalue weighted by atomic mass is 16.4. The van der Waals surface area contributed by atoms with Gasteiger partial charge in [0.2, 0.25) is 6.33 Å². The Bertz CT molecular complexity index is 1040. The third kappa shape index (κ3) is 2.48. The minimum atomic E-state index is -1.46. The van der Waals surface area contributed by atoms with E-state index < -0.39 is 7.12 Å². The molecule has 0 spiro atoms. The molecule has 2 N–H and O–H groups in total. The summed E-state index contributed by atoms with van der Waals surface area (Å²) in [4.78, 5) is 0. The number of imidazole rings is 1. The minimum absolute atomic E-state index is 0.544. The molecule has 5 heteroatoms. The standard InChI is InChI=1S/C19H18BN2O2/c1-21-13-22(12-16-8-4-5-9-17(16)20(23)24)19-11-15-7-3-2-6-14(15)10-18(19)21/h2-11,13,23-24H,12H2,1H3/q+1. The fourth-order valence-corrected chi connectivity index (χ4v) is 3.30. The first kappa shape index (κ1) is 14.9. The predicted octanol–water partition coefficient (Wildman–Crippen LogP) is 1.35. The van der Waals surface area contributed by atoms with Crippen LogP contribution in [0.3, 0.4) is 0 Å². The van der Waals surface area contributed by atoms with Gasteiger partial charge in [0.15, 0.2) is 11.0 Å². The highest BCUT2D eigenvalue weighted by molar-refractivity contribution is 6.59.